The lowest BCUT2D eigenvalue weighted by molar-refractivity contribution is -0.116. The van der Waals surface area contributed by atoms with Crippen LogP contribution in [0.3, 0.4) is 0 Å². The van der Waals surface area contributed by atoms with Crippen LogP contribution in [0.15, 0.2) is 39.5 Å². The van der Waals surface area contributed by atoms with Crippen LogP contribution in [0.1, 0.15) is 0 Å². The average Bonchev–Trinajstić information content (AvgIpc) is 3.34. The molecule has 0 aliphatic carbocycles. The number of thiazole rings is 1. The van der Waals surface area contributed by atoms with Gasteiger partial charge in [-0.25, -0.2) is 23.5 Å². The van der Waals surface area contributed by atoms with E-state index in [1.165, 1.54) is 34.9 Å². The minimum absolute atomic E-state index is 0.0169. The van der Waals surface area contributed by atoms with Gasteiger partial charge in [-0.1, -0.05) is 0 Å². The summed E-state index contributed by atoms with van der Waals surface area (Å²) in [5.41, 5.74) is -0.662. The molecule has 4 aromatic rings. The zero-order valence-corrected chi connectivity index (χ0v) is 16.5. The van der Waals surface area contributed by atoms with E-state index in [4.69, 9.17) is 0 Å². The highest BCUT2D eigenvalue weighted by Gasteiger charge is 2.17. The Morgan fingerprint density at radius 3 is 2.73 bits per heavy atom. The van der Waals surface area contributed by atoms with Gasteiger partial charge in [0.2, 0.25) is 5.91 Å². The van der Waals surface area contributed by atoms with Gasteiger partial charge in [0.1, 0.15) is 18.2 Å². The fourth-order valence-corrected chi connectivity index (χ4v) is 3.71. The minimum Gasteiger partial charge on any atom is -0.315 e. The van der Waals surface area contributed by atoms with Crippen molar-refractivity contribution in [3.8, 4) is 11.3 Å². The summed E-state index contributed by atoms with van der Waals surface area (Å²) in [4.78, 5) is 45.0. The SMILES string of the molecule is Cn1c(=O)c2c(ncn2CC(=O)Nc2nc(-c3cc(F)ccc3F)cs2)n(C)c1=O. The highest BCUT2D eigenvalue weighted by atomic mass is 32.1. The van der Waals surface area contributed by atoms with Gasteiger partial charge in [0.15, 0.2) is 16.3 Å². The van der Waals surface area contributed by atoms with Crippen LogP contribution in [0.5, 0.6) is 0 Å². The summed E-state index contributed by atoms with van der Waals surface area (Å²) >= 11 is 1.05. The molecule has 1 aromatic carbocycles. The molecule has 3 heterocycles. The molecule has 0 fully saturated rings. The predicted molar refractivity (Wildman–Crippen MR) is 106 cm³/mol. The molecule has 0 unspecified atom stereocenters. The number of carbonyl (C=O) groups excluding carboxylic acids is 1. The van der Waals surface area contributed by atoms with Crippen molar-refractivity contribution in [2.75, 3.05) is 5.32 Å². The van der Waals surface area contributed by atoms with E-state index in [9.17, 15) is 23.2 Å². The first kappa shape index (κ1) is 19.6. The molecular formula is C18H14F2N6O3S. The van der Waals surface area contributed by atoms with Gasteiger partial charge in [0.25, 0.3) is 5.56 Å². The van der Waals surface area contributed by atoms with Crippen LogP contribution in [0.2, 0.25) is 0 Å². The smallest absolute Gasteiger partial charge is 0.315 e. The lowest BCUT2D eigenvalue weighted by atomic mass is 10.1. The minimum atomic E-state index is -0.633. The van der Waals surface area contributed by atoms with Gasteiger partial charge in [0, 0.05) is 25.0 Å². The van der Waals surface area contributed by atoms with Crippen LogP contribution in [-0.4, -0.2) is 29.6 Å². The van der Waals surface area contributed by atoms with Crippen LogP contribution < -0.4 is 16.6 Å². The molecule has 12 heteroatoms. The van der Waals surface area contributed by atoms with E-state index in [0.717, 1.165) is 34.1 Å². The molecule has 0 saturated carbocycles. The molecule has 9 nitrogen and oxygen atoms in total. The molecule has 0 saturated heterocycles. The molecule has 154 valence electrons. The van der Waals surface area contributed by atoms with Gasteiger partial charge in [-0.2, -0.15) is 0 Å². The molecule has 1 amide bonds. The summed E-state index contributed by atoms with van der Waals surface area (Å²) in [5.74, 6) is -1.75. The van der Waals surface area contributed by atoms with E-state index >= 15 is 0 Å². The van der Waals surface area contributed by atoms with Crippen LogP contribution in [0, 0.1) is 11.6 Å². The largest absolute Gasteiger partial charge is 0.332 e. The molecule has 0 aliphatic heterocycles. The fourth-order valence-electron chi connectivity index (χ4n) is 2.98. The maximum Gasteiger partial charge on any atom is 0.332 e. The number of rotatable bonds is 4. The predicted octanol–water partition coefficient (Wildman–Crippen LogP) is 1.47. The Labute approximate surface area is 170 Å². The van der Waals surface area contributed by atoms with Crippen LogP contribution >= 0.6 is 11.3 Å². The maximum absolute atomic E-state index is 13.9. The zero-order chi connectivity index (χ0) is 21.6. The van der Waals surface area contributed by atoms with Crippen LogP contribution in [0.4, 0.5) is 13.9 Å². The summed E-state index contributed by atoms with van der Waals surface area (Å²) in [6.07, 6.45) is 1.29. The van der Waals surface area contributed by atoms with Crippen molar-refractivity contribution in [2.24, 2.45) is 14.1 Å². The van der Waals surface area contributed by atoms with Crippen LogP contribution in [-0.2, 0) is 25.4 Å². The third-order valence-corrected chi connectivity index (χ3v) is 5.24. The first-order valence-electron chi connectivity index (χ1n) is 8.58. The molecule has 0 bridgehead atoms. The normalized spacial score (nSPS) is 11.2. The van der Waals surface area contributed by atoms with Gasteiger partial charge < -0.3 is 9.88 Å². The Hall–Kier alpha value is -3.67. The number of hydrogen-bond donors (Lipinski definition) is 1. The number of benzene rings is 1. The number of amides is 1. The number of nitrogens with zero attached hydrogens (tertiary/aromatic N) is 5. The molecule has 0 spiro atoms. The Kier molecular flexibility index (Phi) is 4.78. The molecule has 0 radical (unpaired) electrons. The quantitative estimate of drug-likeness (QED) is 0.526. The maximum atomic E-state index is 13.9. The number of carbonyl (C=O) groups is 1. The van der Waals surface area contributed by atoms with Crippen molar-refractivity contribution in [3.63, 3.8) is 0 Å². The Morgan fingerprint density at radius 2 is 1.97 bits per heavy atom. The molecule has 1 N–H and O–H groups in total. The van der Waals surface area contributed by atoms with Crippen molar-refractivity contribution in [1.82, 2.24) is 23.7 Å². The van der Waals surface area contributed by atoms with Crippen molar-refractivity contribution in [3.05, 3.63) is 62.4 Å². The number of fused-ring (bicyclic) bond motifs is 1. The van der Waals surface area contributed by atoms with Gasteiger partial charge in [0.05, 0.1) is 12.0 Å². The number of halogens is 2. The van der Waals surface area contributed by atoms with E-state index in [-0.39, 0.29) is 34.1 Å². The number of nitrogens with one attached hydrogen (secondary N) is 1. The highest BCUT2D eigenvalue weighted by Crippen LogP contribution is 2.27. The molecule has 4 rings (SSSR count). The zero-order valence-electron chi connectivity index (χ0n) is 15.7. The van der Waals surface area contributed by atoms with E-state index in [0.29, 0.717) is 0 Å². The van der Waals surface area contributed by atoms with Gasteiger partial charge in [-0.05, 0) is 18.2 Å². The van der Waals surface area contributed by atoms with E-state index in [1.54, 1.807) is 0 Å². The average molecular weight is 432 g/mol. The second kappa shape index (κ2) is 7.30. The summed E-state index contributed by atoms with van der Waals surface area (Å²) in [6, 6.07) is 3.03. The van der Waals surface area contributed by atoms with E-state index in [2.05, 4.69) is 15.3 Å². The lowest BCUT2D eigenvalue weighted by Crippen LogP contribution is -2.37. The van der Waals surface area contributed by atoms with Gasteiger partial charge in [-0.3, -0.25) is 18.7 Å². The van der Waals surface area contributed by atoms with Gasteiger partial charge in [-0.15, -0.1) is 11.3 Å². The van der Waals surface area contributed by atoms with Gasteiger partial charge >= 0.3 is 5.69 Å². The van der Waals surface area contributed by atoms with Crippen molar-refractivity contribution in [2.45, 2.75) is 6.54 Å². The van der Waals surface area contributed by atoms with E-state index in [1.807, 2.05) is 0 Å². The number of anilines is 1. The summed E-state index contributed by atoms with van der Waals surface area (Å²) < 4.78 is 30.8. The number of aryl methyl sites for hydroxylation is 1. The van der Waals surface area contributed by atoms with Crippen molar-refractivity contribution in [1.29, 1.82) is 0 Å². The second-order valence-electron chi connectivity index (χ2n) is 6.46. The molecule has 0 atom stereocenters. The fraction of sp³-hybridized carbons (Fsp3) is 0.167. The monoisotopic (exact) mass is 432 g/mol. The highest BCUT2D eigenvalue weighted by molar-refractivity contribution is 7.14. The topological polar surface area (TPSA) is 104 Å². The number of imidazole rings is 1. The van der Waals surface area contributed by atoms with Crippen LogP contribution in [0.25, 0.3) is 22.4 Å². The third kappa shape index (κ3) is 3.30. The first-order valence-corrected chi connectivity index (χ1v) is 9.46. The third-order valence-electron chi connectivity index (χ3n) is 4.49. The Bertz CT molecular complexity index is 1420. The summed E-state index contributed by atoms with van der Waals surface area (Å²) in [6.45, 7) is -0.257. The number of hydrogen-bond acceptors (Lipinski definition) is 6. The first-order chi connectivity index (χ1) is 14.3. The molecule has 3 aromatic heterocycles. The molecule has 0 aliphatic rings. The lowest BCUT2D eigenvalue weighted by Gasteiger charge is -2.06. The molecule has 30 heavy (non-hydrogen) atoms. The van der Waals surface area contributed by atoms with Crippen molar-refractivity contribution < 1.29 is 13.6 Å². The number of aromatic nitrogens is 5. The standard InChI is InChI=1S/C18H14F2N6O3S/c1-24-15-14(16(28)25(2)18(24)29)26(8-21-15)6-13(27)23-17-22-12(7-30-17)10-5-9(19)3-4-11(10)20/h3-5,7-8H,6H2,1-2H3,(H,22,23,27). The summed E-state index contributed by atoms with van der Waals surface area (Å²) in [5, 5.41) is 4.23. The Balaban J connectivity index is 1.58. The Morgan fingerprint density at radius 1 is 1.20 bits per heavy atom. The second-order valence-corrected chi connectivity index (χ2v) is 7.32. The summed E-state index contributed by atoms with van der Waals surface area (Å²) in [7, 11) is 2.81. The van der Waals surface area contributed by atoms with Crippen molar-refractivity contribution >= 4 is 33.5 Å². The van der Waals surface area contributed by atoms with E-state index < -0.39 is 28.8 Å². The molecular weight excluding hydrogens is 418 g/mol.